The third-order valence-corrected chi connectivity index (χ3v) is 2.86. The summed E-state index contributed by atoms with van der Waals surface area (Å²) in [5.41, 5.74) is 7.66. The molecule has 0 aliphatic carbocycles. The lowest BCUT2D eigenvalue weighted by atomic mass is 10.1. The molecule has 0 aliphatic heterocycles. The first kappa shape index (κ1) is 13.1. The first-order chi connectivity index (χ1) is 9.11. The standard InChI is InChI=1S/C13H18N6/c1-4-5-10-9(2)17-13(14)18-12(10)19(3)8-11-15-6-7-16-11/h4,6-7H,1,5,8H2,2-3H3,(H,15,16)(H2,14,17,18). The highest BCUT2D eigenvalue weighted by Gasteiger charge is 2.14. The number of aromatic nitrogens is 4. The molecule has 6 heteroatoms. The number of nitrogen functional groups attached to an aromatic ring is 1. The number of hydrogen-bond donors (Lipinski definition) is 2. The van der Waals surface area contributed by atoms with Gasteiger partial charge in [-0.15, -0.1) is 6.58 Å². The average Bonchev–Trinajstić information content (AvgIpc) is 2.85. The van der Waals surface area contributed by atoms with Gasteiger partial charge in [-0.1, -0.05) is 6.08 Å². The van der Waals surface area contributed by atoms with E-state index in [2.05, 4.69) is 26.5 Å². The molecule has 0 atom stereocenters. The van der Waals surface area contributed by atoms with Gasteiger partial charge in [0.15, 0.2) is 0 Å². The van der Waals surface area contributed by atoms with Crippen LogP contribution in [0.15, 0.2) is 25.0 Å². The Balaban J connectivity index is 2.33. The van der Waals surface area contributed by atoms with Gasteiger partial charge in [0.25, 0.3) is 0 Å². The zero-order valence-corrected chi connectivity index (χ0v) is 11.2. The normalized spacial score (nSPS) is 10.4. The van der Waals surface area contributed by atoms with Gasteiger partial charge >= 0.3 is 0 Å². The molecule has 6 nitrogen and oxygen atoms in total. The van der Waals surface area contributed by atoms with Crippen molar-refractivity contribution in [2.75, 3.05) is 17.7 Å². The van der Waals surface area contributed by atoms with Crippen molar-refractivity contribution in [3.05, 3.63) is 42.1 Å². The van der Waals surface area contributed by atoms with Crippen molar-refractivity contribution in [3.63, 3.8) is 0 Å². The largest absolute Gasteiger partial charge is 0.368 e. The summed E-state index contributed by atoms with van der Waals surface area (Å²) in [6, 6.07) is 0. The van der Waals surface area contributed by atoms with Gasteiger partial charge in [-0.25, -0.2) is 9.97 Å². The van der Waals surface area contributed by atoms with Crippen LogP contribution in [0.5, 0.6) is 0 Å². The van der Waals surface area contributed by atoms with E-state index in [9.17, 15) is 0 Å². The van der Waals surface area contributed by atoms with Crippen molar-refractivity contribution in [1.29, 1.82) is 0 Å². The van der Waals surface area contributed by atoms with Crippen molar-refractivity contribution in [1.82, 2.24) is 19.9 Å². The van der Waals surface area contributed by atoms with E-state index in [1.807, 2.05) is 24.9 Å². The predicted octanol–water partition coefficient (Wildman–Crippen LogP) is 1.46. The average molecular weight is 258 g/mol. The summed E-state index contributed by atoms with van der Waals surface area (Å²) < 4.78 is 0. The van der Waals surface area contributed by atoms with E-state index in [0.717, 1.165) is 22.9 Å². The highest BCUT2D eigenvalue weighted by Crippen LogP contribution is 2.22. The van der Waals surface area contributed by atoms with Crippen molar-refractivity contribution >= 4 is 11.8 Å². The maximum Gasteiger partial charge on any atom is 0.222 e. The molecule has 3 N–H and O–H groups in total. The van der Waals surface area contributed by atoms with E-state index in [-0.39, 0.29) is 5.95 Å². The van der Waals surface area contributed by atoms with E-state index in [4.69, 9.17) is 5.73 Å². The van der Waals surface area contributed by atoms with Gasteiger partial charge in [-0.05, 0) is 13.3 Å². The van der Waals surface area contributed by atoms with Gasteiger partial charge in [0.05, 0.1) is 6.54 Å². The Morgan fingerprint density at radius 3 is 2.89 bits per heavy atom. The molecule has 2 rings (SSSR count). The number of nitrogens with one attached hydrogen (secondary N) is 1. The van der Waals surface area contributed by atoms with E-state index in [0.29, 0.717) is 13.0 Å². The number of hydrogen-bond acceptors (Lipinski definition) is 5. The van der Waals surface area contributed by atoms with Crippen LogP contribution in [0.1, 0.15) is 17.1 Å². The van der Waals surface area contributed by atoms with Crippen LogP contribution < -0.4 is 10.6 Å². The number of anilines is 2. The highest BCUT2D eigenvalue weighted by atomic mass is 15.2. The van der Waals surface area contributed by atoms with E-state index < -0.39 is 0 Å². The SMILES string of the molecule is C=CCc1c(C)nc(N)nc1N(C)Cc1ncc[nH]1. The highest BCUT2D eigenvalue weighted by molar-refractivity contribution is 5.52. The van der Waals surface area contributed by atoms with E-state index in [1.165, 1.54) is 0 Å². The number of imidazole rings is 1. The van der Waals surface area contributed by atoms with Crippen molar-refractivity contribution < 1.29 is 0 Å². The maximum atomic E-state index is 5.74. The molecule has 0 bridgehead atoms. The zero-order valence-electron chi connectivity index (χ0n) is 11.2. The summed E-state index contributed by atoms with van der Waals surface area (Å²) in [5, 5.41) is 0. The summed E-state index contributed by atoms with van der Waals surface area (Å²) >= 11 is 0. The topological polar surface area (TPSA) is 83.7 Å². The quantitative estimate of drug-likeness (QED) is 0.793. The number of aromatic amines is 1. The van der Waals surface area contributed by atoms with Gasteiger partial charge in [0.1, 0.15) is 11.6 Å². The van der Waals surface area contributed by atoms with Crippen molar-refractivity contribution in [2.45, 2.75) is 19.9 Å². The number of rotatable bonds is 5. The molecule has 100 valence electrons. The second-order valence-electron chi connectivity index (χ2n) is 4.35. The second-order valence-corrected chi connectivity index (χ2v) is 4.35. The van der Waals surface area contributed by atoms with Crippen LogP contribution in [-0.4, -0.2) is 27.0 Å². The van der Waals surface area contributed by atoms with Crippen LogP contribution in [0.4, 0.5) is 11.8 Å². The molecular weight excluding hydrogens is 240 g/mol. The molecule has 0 unspecified atom stereocenters. The lowest BCUT2D eigenvalue weighted by Crippen LogP contribution is -2.22. The van der Waals surface area contributed by atoms with Crippen molar-refractivity contribution in [2.24, 2.45) is 0 Å². The summed E-state index contributed by atoms with van der Waals surface area (Å²) in [4.78, 5) is 17.8. The lowest BCUT2D eigenvalue weighted by molar-refractivity contribution is 0.828. The minimum Gasteiger partial charge on any atom is -0.368 e. The monoisotopic (exact) mass is 258 g/mol. The molecule has 19 heavy (non-hydrogen) atoms. The third kappa shape index (κ3) is 2.90. The molecule has 0 saturated heterocycles. The molecule has 2 heterocycles. The van der Waals surface area contributed by atoms with Crippen molar-refractivity contribution in [3.8, 4) is 0 Å². The van der Waals surface area contributed by atoms with E-state index >= 15 is 0 Å². The van der Waals surface area contributed by atoms with Crippen LogP contribution >= 0.6 is 0 Å². The third-order valence-electron chi connectivity index (χ3n) is 2.86. The van der Waals surface area contributed by atoms with Crippen LogP contribution in [0.25, 0.3) is 0 Å². The number of nitrogens with two attached hydrogens (primary N) is 1. The Labute approximate surface area is 112 Å². The Morgan fingerprint density at radius 1 is 1.47 bits per heavy atom. The molecule has 0 saturated carbocycles. The van der Waals surface area contributed by atoms with Crippen LogP contribution in [0, 0.1) is 6.92 Å². The van der Waals surface area contributed by atoms with Gasteiger partial charge in [-0.2, -0.15) is 4.98 Å². The van der Waals surface area contributed by atoms with Gasteiger partial charge in [-0.3, -0.25) is 0 Å². The molecule has 0 fully saturated rings. The minimum atomic E-state index is 0.284. The van der Waals surface area contributed by atoms with Crippen LogP contribution in [0.3, 0.4) is 0 Å². The fourth-order valence-corrected chi connectivity index (χ4v) is 1.99. The molecule has 0 radical (unpaired) electrons. The number of H-pyrrole nitrogens is 1. The Bertz CT molecular complexity index is 561. The summed E-state index contributed by atoms with van der Waals surface area (Å²) in [6.07, 6.45) is 6.08. The summed E-state index contributed by atoms with van der Waals surface area (Å²) in [7, 11) is 1.95. The molecule has 2 aromatic rings. The van der Waals surface area contributed by atoms with Crippen LogP contribution in [0.2, 0.25) is 0 Å². The first-order valence-electron chi connectivity index (χ1n) is 6.05. The predicted molar refractivity (Wildman–Crippen MR) is 75.8 cm³/mol. The zero-order chi connectivity index (χ0) is 13.8. The molecule has 0 spiro atoms. The lowest BCUT2D eigenvalue weighted by Gasteiger charge is -2.21. The Hall–Kier alpha value is -2.37. The fourth-order valence-electron chi connectivity index (χ4n) is 1.99. The first-order valence-corrected chi connectivity index (χ1v) is 6.05. The molecule has 0 aromatic carbocycles. The Morgan fingerprint density at radius 2 is 2.26 bits per heavy atom. The fraction of sp³-hybridized carbons (Fsp3) is 0.308. The molecular formula is C13H18N6. The molecule has 0 amide bonds. The number of nitrogens with zero attached hydrogens (tertiary/aromatic N) is 4. The summed E-state index contributed by atoms with van der Waals surface area (Å²) in [5.74, 6) is 1.98. The van der Waals surface area contributed by atoms with Gasteiger partial charge in [0.2, 0.25) is 5.95 Å². The van der Waals surface area contributed by atoms with Gasteiger partial charge in [0, 0.05) is 30.7 Å². The van der Waals surface area contributed by atoms with E-state index in [1.54, 1.807) is 12.4 Å². The minimum absolute atomic E-state index is 0.284. The van der Waals surface area contributed by atoms with Crippen LogP contribution in [-0.2, 0) is 13.0 Å². The summed E-state index contributed by atoms with van der Waals surface area (Å²) in [6.45, 7) is 6.34. The second kappa shape index (κ2) is 5.51. The smallest absolute Gasteiger partial charge is 0.222 e. The molecule has 2 aromatic heterocycles. The number of aryl methyl sites for hydroxylation is 1. The molecule has 0 aliphatic rings. The maximum absolute atomic E-state index is 5.74. The Kier molecular flexibility index (Phi) is 3.79. The van der Waals surface area contributed by atoms with Gasteiger partial charge < -0.3 is 15.6 Å². The number of allylic oxidation sites excluding steroid dienone is 1.